The van der Waals surface area contributed by atoms with Crippen molar-refractivity contribution in [3.05, 3.63) is 29.0 Å². The lowest BCUT2D eigenvalue weighted by molar-refractivity contribution is 0.0688. The van der Waals surface area contributed by atoms with Gasteiger partial charge in [0.1, 0.15) is 5.69 Å². The first-order valence-corrected chi connectivity index (χ1v) is 8.26. The average Bonchev–Trinajstić information content (AvgIpc) is 2.94. The molecule has 2 aliphatic rings. The quantitative estimate of drug-likeness (QED) is 0.792. The summed E-state index contributed by atoms with van der Waals surface area (Å²) in [4.78, 5) is 25.1. The van der Waals surface area contributed by atoms with Gasteiger partial charge in [0.2, 0.25) is 0 Å². The van der Waals surface area contributed by atoms with Crippen LogP contribution in [0.25, 0.3) is 0 Å². The van der Waals surface area contributed by atoms with E-state index in [4.69, 9.17) is 11.6 Å². The summed E-state index contributed by atoms with van der Waals surface area (Å²) in [5.74, 6) is -0.0271. The van der Waals surface area contributed by atoms with Gasteiger partial charge in [0.15, 0.2) is 5.17 Å². The molecule has 1 amide bonds. The van der Waals surface area contributed by atoms with Gasteiger partial charge in [-0.1, -0.05) is 30.3 Å². The second kappa shape index (κ2) is 6.23. The van der Waals surface area contributed by atoms with Crippen LogP contribution in [0.15, 0.2) is 23.3 Å². The maximum absolute atomic E-state index is 12.4. The monoisotopic (exact) mass is 324 g/mol. The van der Waals surface area contributed by atoms with Gasteiger partial charge in [0.05, 0.1) is 11.6 Å². The van der Waals surface area contributed by atoms with Gasteiger partial charge in [-0.2, -0.15) is 0 Å². The zero-order valence-corrected chi connectivity index (χ0v) is 13.4. The smallest absolute Gasteiger partial charge is 0.272 e. The Kier molecular flexibility index (Phi) is 4.35. The number of halogens is 1. The standard InChI is InChI=1S/C14H17ClN4OS/c1-10-8-17-14(21-10)19-6-4-18(5-7-19)13(20)12-3-2-11(15)9-16-12/h2-3,9-10H,4-8H2,1H3. The molecule has 0 saturated carbocycles. The first-order valence-electron chi connectivity index (χ1n) is 7.00. The predicted octanol–water partition coefficient (Wildman–Crippen LogP) is 1.98. The molecule has 1 fully saturated rings. The number of aromatic nitrogens is 1. The molecule has 0 bridgehead atoms. The lowest BCUT2D eigenvalue weighted by atomic mass is 10.2. The number of piperazine rings is 1. The van der Waals surface area contributed by atoms with E-state index in [0.717, 1.165) is 24.8 Å². The van der Waals surface area contributed by atoms with E-state index in [0.29, 0.717) is 29.1 Å². The van der Waals surface area contributed by atoms with Crippen molar-refractivity contribution in [2.75, 3.05) is 32.7 Å². The van der Waals surface area contributed by atoms with E-state index in [1.165, 1.54) is 6.20 Å². The lowest BCUT2D eigenvalue weighted by Crippen LogP contribution is -2.50. The maximum Gasteiger partial charge on any atom is 0.272 e. The highest BCUT2D eigenvalue weighted by Gasteiger charge is 2.27. The van der Waals surface area contributed by atoms with E-state index in [9.17, 15) is 4.79 Å². The number of pyridine rings is 1. The summed E-state index contributed by atoms with van der Waals surface area (Å²) in [6, 6.07) is 3.37. The van der Waals surface area contributed by atoms with Gasteiger partial charge in [-0.25, -0.2) is 4.98 Å². The summed E-state index contributed by atoms with van der Waals surface area (Å²) in [6.07, 6.45) is 1.51. The number of hydrogen-bond donors (Lipinski definition) is 0. The fourth-order valence-corrected chi connectivity index (χ4v) is 3.50. The molecule has 3 heterocycles. The van der Waals surface area contributed by atoms with E-state index in [2.05, 4.69) is 21.8 Å². The SMILES string of the molecule is CC1CN=C(N2CCN(C(=O)c3ccc(Cl)cn3)CC2)S1. The first kappa shape index (κ1) is 14.7. The predicted molar refractivity (Wildman–Crippen MR) is 86.1 cm³/mol. The molecule has 1 aromatic rings. The van der Waals surface area contributed by atoms with E-state index >= 15 is 0 Å². The van der Waals surface area contributed by atoms with E-state index in [1.807, 2.05) is 16.7 Å². The number of carbonyl (C=O) groups is 1. The molecule has 1 atom stereocenters. The molecule has 0 radical (unpaired) electrons. The molecule has 1 unspecified atom stereocenters. The Morgan fingerprint density at radius 3 is 2.67 bits per heavy atom. The third-order valence-corrected chi connectivity index (χ3v) is 4.95. The Labute approximate surface area is 133 Å². The molecule has 0 spiro atoms. The maximum atomic E-state index is 12.4. The number of thioether (sulfide) groups is 1. The summed E-state index contributed by atoms with van der Waals surface area (Å²) in [5.41, 5.74) is 0.453. The van der Waals surface area contributed by atoms with Crippen molar-refractivity contribution >= 4 is 34.4 Å². The Bertz CT molecular complexity index is 555. The summed E-state index contributed by atoms with van der Waals surface area (Å²) >= 11 is 7.62. The van der Waals surface area contributed by atoms with Crippen molar-refractivity contribution in [2.45, 2.75) is 12.2 Å². The molecule has 0 aromatic carbocycles. The van der Waals surface area contributed by atoms with E-state index in [1.54, 1.807) is 12.1 Å². The Morgan fingerprint density at radius 1 is 1.33 bits per heavy atom. The molecule has 1 aromatic heterocycles. The number of carbonyl (C=O) groups excluding carboxylic acids is 1. The second-order valence-electron chi connectivity index (χ2n) is 5.19. The largest absolute Gasteiger partial charge is 0.348 e. The van der Waals surface area contributed by atoms with Crippen LogP contribution in [0.5, 0.6) is 0 Å². The molecule has 7 heteroatoms. The normalized spacial score (nSPS) is 22.4. The van der Waals surface area contributed by atoms with Crippen LogP contribution in [0.1, 0.15) is 17.4 Å². The molecule has 112 valence electrons. The zero-order chi connectivity index (χ0) is 14.8. The number of amidine groups is 1. The van der Waals surface area contributed by atoms with Gasteiger partial charge < -0.3 is 9.80 Å². The number of amides is 1. The number of aliphatic imine (C=N–C) groups is 1. The molecular formula is C14H17ClN4OS. The number of nitrogens with zero attached hydrogens (tertiary/aromatic N) is 4. The number of rotatable bonds is 1. The van der Waals surface area contributed by atoms with E-state index in [-0.39, 0.29) is 5.91 Å². The summed E-state index contributed by atoms with van der Waals surface area (Å²) < 4.78 is 0. The van der Waals surface area contributed by atoms with Crippen molar-refractivity contribution < 1.29 is 4.79 Å². The topological polar surface area (TPSA) is 48.8 Å². The van der Waals surface area contributed by atoms with Crippen LogP contribution < -0.4 is 0 Å². The zero-order valence-electron chi connectivity index (χ0n) is 11.8. The fourth-order valence-electron chi connectivity index (χ4n) is 2.40. The van der Waals surface area contributed by atoms with Gasteiger partial charge in [0, 0.05) is 37.6 Å². The summed E-state index contributed by atoms with van der Waals surface area (Å²) in [5, 5.41) is 2.24. The van der Waals surface area contributed by atoms with Crippen molar-refractivity contribution in [3.8, 4) is 0 Å². The minimum Gasteiger partial charge on any atom is -0.348 e. The van der Waals surface area contributed by atoms with Gasteiger partial charge in [0.25, 0.3) is 5.91 Å². The van der Waals surface area contributed by atoms with E-state index < -0.39 is 0 Å². The van der Waals surface area contributed by atoms with Gasteiger partial charge in [-0.15, -0.1) is 0 Å². The summed E-state index contributed by atoms with van der Waals surface area (Å²) in [6.45, 7) is 6.16. The lowest BCUT2D eigenvalue weighted by Gasteiger charge is -2.35. The van der Waals surface area contributed by atoms with Gasteiger partial charge >= 0.3 is 0 Å². The fraction of sp³-hybridized carbons (Fsp3) is 0.500. The third-order valence-electron chi connectivity index (χ3n) is 3.57. The molecule has 0 N–H and O–H groups in total. The Balaban J connectivity index is 1.58. The van der Waals surface area contributed by atoms with Crippen LogP contribution in [0.3, 0.4) is 0 Å². The molecular weight excluding hydrogens is 308 g/mol. The van der Waals surface area contributed by atoms with Gasteiger partial charge in [-0.3, -0.25) is 9.79 Å². The van der Waals surface area contributed by atoms with Crippen molar-refractivity contribution in [1.29, 1.82) is 0 Å². The second-order valence-corrected chi connectivity index (χ2v) is 7.03. The highest BCUT2D eigenvalue weighted by Crippen LogP contribution is 2.23. The van der Waals surface area contributed by atoms with Crippen molar-refractivity contribution in [3.63, 3.8) is 0 Å². The van der Waals surface area contributed by atoms with Crippen LogP contribution in [0.2, 0.25) is 5.02 Å². The Morgan fingerprint density at radius 2 is 2.10 bits per heavy atom. The number of hydrogen-bond acceptors (Lipinski definition) is 5. The van der Waals surface area contributed by atoms with Crippen molar-refractivity contribution in [1.82, 2.24) is 14.8 Å². The van der Waals surface area contributed by atoms with Crippen LogP contribution in [0, 0.1) is 0 Å². The Hall–Kier alpha value is -1.27. The van der Waals surface area contributed by atoms with Crippen LogP contribution in [0.4, 0.5) is 0 Å². The highest BCUT2D eigenvalue weighted by atomic mass is 35.5. The molecule has 21 heavy (non-hydrogen) atoms. The van der Waals surface area contributed by atoms with Crippen LogP contribution >= 0.6 is 23.4 Å². The molecule has 2 aliphatic heterocycles. The third kappa shape index (κ3) is 3.32. The van der Waals surface area contributed by atoms with Crippen LogP contribution in [-0.2, 0) is 0 Å². The summed E-state index contributed by atoms with van der Waals surface area (Å²) in [7, 11) is 0. The molecule has 0 aliphatic carbocycles. The first-order chi connectivity index (χ1) is 10.1. The van der Waals surface area contributed by atoms with Crippen molar-refractivity contribution in [2.24, 2.45) is 4.99 Å². The van der Waals surface area contributed by atoms with Gasteiger partial charge in [-0.05, 0) is 12.1 Å². The minimum atomic E-state index is -0.0271. The molecule has 3 rings (SSSR count). The van der Waals surface area contributed by atoms with Crippen LogP contribution in [-0.4, -0.2) is 63.8 Å². The average molecular weight is 325 g/mol. The minimum absolute atomic E-state index is 0.0271. The molecule has 1 saturated heterocycles. The molecule has 5 nitrogen and oxygen atoms in total. The highest BCUT2D eigenvalue weighted by molar-refractivity contribution is 8.14.